The standard InChI is InChI=1S/C15H18N4O/c20-15(6-2-7-15)9-13-17-14(11-3-1-8-16-10-11)18-19(13)12-4-5-12/h1,3,8,10,12,20H,2,4-7,9H2. The minimum absolute atomic E-state index is 0.478. The van der Waals surface area contributed by atoms with E-state index in [9.17, 15) is 5.11 Å². The Bertz CT molecular complexity index is 614. The van der Waals surface area contributed by atoms with E-state index in [0.717, 1.165) is 36.5 Å². The van der Waals surface area contributed by atoms with Crippen LogP contribution in [0.25, 0.3) is 11.4 Å². The molecule has 5 nitrogen and oxygen atoms in total. The van der Waals surface area contributed by atoms with Crippen molar-refractivity contribution >= 4 is 0 Å². The lowest BCUT2D eigenvalue weighted by molar-refractivity contribution is -0.0346. The van der Waals surface area contributed by atoms with E-state index in [1.165, 1.54) is 12.8 Å². The van der Waals surface area contributed by atoms with Crippen LogP contribution in [0.15, 0.2) is 24.5 Å². The molecule has 0 unspecified atom stereocenters. The largest absolute Gasteiger partial charge is 0.389 e. The second-order valence-electron chi connectivity index (χ2n) is 6.02. The molecule has 2 fully saturated rings. The molecule has 0 spiro atoms. The van der Waals surface area contributed by atoms with E-state index in [0.29, 0.717) is 12.5 Å². The van der Waals surface area contributed by atoms with Crippen LogP contribution in [0, 0.1) is 0 Å². The molecule has 2 aliphatic carbocycles. The molecule has 4 rings (SSSR count). The van der Waals surface area contributed by atoms with E-state index in [1.807, 2.05) is 16.8 Å². The molecule has 5 heteroatoms. The number of aromatic nitrogens is 4. The van der Waals surface area contributed by atoms with Gasteiger partial charge in [0.15, 0.2) is 5.82 Å². The summed E-state index contributed by atoms with van der Waals surface area (Å²) in [6, 6.07) is 4.35. The molecule has 0 saturated heterocycles. The van der Waals surface area contributed by atoms with Crippen molar-refractivity contribution in [2.75, 3.05) is 0 Å². The molecule has 0 aliphatic heterocycles. The molecule has 2 saturated carbocycles. The highest BCUT2D eigenvalue weighted by molar-refractivity contribution is 5.52. The number of aliphatic hydroxyl groups is 1. The summed E-state index contributed by atoms with van der Waals surface area (Å²) in [5.41, 5.74) is 0.389. The van der Waals surface area contributed by atoms with Crippen molar-refractivity contribution in [2.24, 2.45) is 0 Å². The molecule has 0 bridgehead atoms. The summed E-state index contributed by atoms with van der Waals surface area (Å²) in [6.45, 7) is 0. The average molecular weight is 270 g/mol. The van der Waals surface area contributed by atoms with Gasteiger partial charge in [0.25, 0.3) is 0 Å². The Hall–Kier alpha value is -1.75. The third-order valence-electron chi connectivity index (χ3n) is 4.29. The van der Waals surface area contributed by atoms with Crippen LogP contribution in [0.5, 0.6) is 0 Å². The molecule has 0 amide bonds. The molecule has 20 heavy (non-hydrogen) atoms. The molecule has 2 aromatic heterocycles. The van der Waals surface area contributed by atoms with E-state index in [2.05, 4.69) is 15.1 Å². The summed E-state index contributed by atoms with van der Waals surface area (Å²) in [4.78, 5) is 8.78. The van der Waals surface area contributed by atoms with Crippen LogP contribution in [0.1, 0.15) is 44.0 Å². The maximum Gasteiger partial charge on any atom is 0.182 e. The smallest absolute Gasteiger partial charge is 0.182 e. The first kappa shape index (κ1) is 12.0. The maximum absolute atomic E-state index is 10.4. The van der Waals surface area contributed by atoms with E-state index in [4.69, 9.17) is 0 Å². The van der Waals surface area contributed by atoms with Gasteiger partial charge in [-0.2, -0.15) is 5.10 Å². The van der Waals surface area contributed by atoms with Gasteiger partial charge in [-0.25, -0.2) is 9.67 Å². The van der Waals surface area contributed by atoms with Crippen molar-refractivity contribution in [1.82, 2.24) is 19.7 Å². The highest BCUT2D eigenvalue weighted by atomic mass is 16.3. The van der Waals surface area contributed by atoms with Crippen LogP contribution in [-0.2, 0) is 6.42 Å². The van der Waals surface area contributed by atoms with E-state index in [1.54, 1.807) is 12.4 Å². The Morgan fingerprint density at radius 3 is 2.80 bits per heavy atom. The van der Waals surface area contributed by atoms with Gasteiger partial charge in [0.1, 0.15) is 5.82 Å². The molecule has 0 aromatic carbocycles. The Labute approximate surface area is 117 Å². The normalized spacial score (nSPS) is 20.6. The first-order valence-corrected chi connectivity index (χ1v) is 7.32. The Kier molecular flexibility index (Phi) is 2.63. The molecule has 1 N–H and O–H groups in total. The van der Waals surface area contributed by atoms with Crippen molar-refractivity contribution in [3.05, 3.63) is 30.4 Å². The summed E-state index contributed by atoms with van der Waals surface area (Å²) < 4.78 is 2.03. The highest BCUT2D eigenvalue weighted by Crippen LogP contribution is 2.39. The summed E-state index contributed by atoms with van der Waals surface area (Å²) in [7, 11) is 0. The molecule has 0 atom stereocenters. The number of hydrogen-bond acceptors (Lipinski definition) is 4. The lowest BCUT2D eigenvalue weighted by Crippen LogP contribution is -2.39. The van der Waals surface area contributed by atoms with Crippen molar-refractivity contribution in [3.8, 4) is 11.4 Å². The van der Waals surface area contributed by atoms with Crippen LogP contribution in [0.4, 0.5) is 0 Å². The van der Waals surface area contributed by atoms with Gasteiger partial charge in [-0.15, -0.1) is 0 Å². The predicted molar refractivity (Wildman–Crippen MR) is 74.0 cm³/mol. The molecular weight excluding hydrogens is 252 g/mol. The number of rotatable bonds is 4. The van der Waals surface area contributed by atoms with E-state index >= 15 is 0 Å². The van der Waals surface area contributed by atoms with Gasteiger partial charge in [0.05, 0.1) is 11.6 Å². The topological polar surface area (TPSA) is 63.8 Å². The minimum atomic E-state index is -0.550. The molecular formula is C15H18N4O. The molecule has 0 radical (unpaired) electrons. The highest BCUT2D eigenvalue weighted by Gasteiger charge is 2.38. The van der Waals surface area contributed by atoms with Crippen molar-refractivity contribution in [1.29, 1.82) is 0 Å². The van der Waals surface area contributed by atoms with Crippen LogP contribution in [-0.4, -0.2) is 30.5 Å². The zero-order valence-corrected chi connectivity index (χ0v) is 11.4. The first-order valence-electron chi connectivity index (χ1n) is 7.32. The van der Waals surface area contributed by atoms with Gasteiger partial charge in [0.2, 0.25) is 0 Å². The Morgan fingerprint density at radius 2 is 2.20 bits per heavy atom. The fraction of sp³-hybridized carbons (Fsp3) is 0.533. The van der Waals surface area contributed by atoms with Crippen molar-refractivity contribution < 1.29 is 5.11 Å². The molecule has 2 aromatic rings. The van der Waals surface area contributed by atoms with Gasteiger partial charge in [-0.1, -0.05) is 0 Å². The predicted octanol–water partition coefficient (Wildman–Crippen LogP) is 2.13. The lowest BCUT2D eigenvalue weighted by atomic mass is 9.78. The van der Waals surface area contributed by atoms with Gasteiger partial charge in [-0.3, -0.25) is 4.98 Å². The Balaban J connectivity index is 1.68. The lowest BCUT2D eigenvalue weighted by Gasteiger charge is -2.36. The SMILES string of the molecule is OC1(Cc2nc(-c3cccnc3)nn2C2CC2)CCC1. The summed E-state index contributed by atoms with van der Waals surface area (Å²) in [5, 5.41) is 15.0. The van der Waals surface area contributed by atoms with Crippen molar-refractivity contribution in [3.63, 3.8) is 0 Å². The van der Waals surface area contributed by atoms with Crippen molar-refractivity contribution in [2.45, 2.75) is 50.2 Å². The van der Waals surface area contributed by atoms with Crippen LogP contribution in [0.3, 0.4) is 0 Å². The fourth-order valence-corrected chi connectivity index (χ4v) is 2.76. The number of hydrogen-bond donors (Lipinski definition) is 1. The van der Waals surface area contributed by atoms with E-state index < -0.39 is 5.60 Å². The van der Waals surface area contributed by atoms with Crippen LogP contribution < -0.4 is 0 Å². The third kappa shape index (κ3) is 2.12. The van der Waals surface area contributed by atoms with Gasteiger partial charge >= 0.3 is 0 Å². The van der Waals surface area contributed by atoms with Gasteiger partial charge < -0.3 is 5.11 Å². The molecule has 2 heterocycles. The monoisotopic (exact) mass is 270 g/mol. The van der Waals surface area contributed by atoms with Gasteiger partial charge in [0, 0.05) is 24.4 Å². The Morgan fingerprint density at radius 1 is 1.35 bits per heavy atom. The van der Waals surface area contributed by atoms with Crippen LogP contribution >= 0.6 is 0 Å². The number of nitrogens with zero attached hydrogens (tertiary/aromatic N) is 4. The second-order valence-corrected chi connectivity index (χ2v) is 6.02. The zero-order valence-electron chi connectivity index (χ0n) is 11.4. The van der Waals surface area contributed by atoms with Gasteiger partial charge in [-0.05, 0) is 44.2 Å². The van der Waals surface area contributed by atoms with E-state index in [-0.39, 0.29) is 0 Å². The average Bonchev–Trinajstić information content (AvgIpc) is 3.20. The second kappa shape index (κ2) is 4.38. The zero-order chi connectivity index (χ0) is 13.6. The maximum atomic E-state index is 10.4. The summed E-state index contributed by atoms with van der Waals surface area (Å²) in [6.07, 6.45) is 9.37. The third-order valence-corrected chi connectivity index (χ3v) is 4.29. The quantitative estimate of drug-likeness (QED) is 0.924. The molecule has 104 valence electrons. The van der Waals surface area contributed by atoms with Crippen LogP contribution in [0.2, 0.25) is 0 Å². The summed E-state index contributed by atoms with van der Waals surface area (Å²) >= 11 is 0. The first-order chi connectivity index (χ1) is 9.73. The fourth-order valence-electron chi connectivity index (χ4n) is 2.76. The minimum Gasteiger partial charge on any atom is -0.389 e. The number of pyridine rings is 1. The summed E-state index contributed by atoms with van der Waals surface area (Å²) in [5.74, 6) is 1.65. The molecule has 2 aliphatic rings.